The number of carbonyl (C=O) groups excluding carboxylic acids is 2. The van der Waals surface area contributed by atoms with Gasteiger partial charge >= 0.3 is 0 Å². The lowest BCUT2D eigenvalue weighted by Gasteiger charge is -2.11. The molecule has 0 spiro atoms. The Morgan fingerprint density at radius 2 is 1.76 bits per heavy atom. The van der Waals surface area contributed by atoms with Gasteiger partial charge in [0.1, 0.15) is 18.1 Å². The normalized spacial score (nSPS) is 10.6. The third-order valence-corrected chi connectivity index (χ3v) is 6.27. The molecule has 2 heterocycles. The van der Waals surface area contributed by atoms with E-state index in [1.54, 1.807) is 24.6 Å². The van der Waals surface area contributed by atoms with Crippen LogP contribution in [0, 0.1) is 0 Å². The highest BCUT2D eigenvalue weighted by Gasteiger charge is 2.18. The largest absolute Gasteiger partial charge is 0.497 e. The summed E-state index contributed by atoms with van der Waals surface area (Å²) < 4.78 is 12.9. The molecule has 2 aromatic carbocycles. The Labute approximate surface area is 198 Å². The zero-order chi connectivity index (χ0) is 23.0. The minimum Gasteiger partial charge on any atom is -0.497 e. The second kappa shape index (κ2) is 10.8. The number of carbonyl (C=O) groups is 2. The van der Waals surface area contributed by atoms with Crippen molar-refractivity contribution in [3.05, 3.63) is 82.8 Å². The highest BCUT2D eigenvalue weighted by molar-refractivity contribution is 7.99. The second-order valence-corrected chi connectivity index (χ2v) is 8.57. The number of aromatic nitrogens is 3. The molecule has 0 bridgehead atoms. The lowest BCUT2D eigenvalue weighted by molar-refractivity contribution is -0.117. The summed E-state index contributed by atoms with van der Waals surface area (Å²) in [7, 11) is 1.61. The first kappa shape index (κ1) is 22.6. The molecule has 0 aliphatic rings. The summed E-state index contributed by atoms with van der Waals surface area (Å²) in [5.74, 6) is 1.19. The molecule has 4 aromatic rings. The third-order valence-electron chi connectivity index (χ3n) is 4.47. The van der Waals surface area contributed by atoms with Crippen LogP contribution in [0.2, 0.25) is 0 Å². The zero-order valence-electron chi connectivity index (χ0n) is 17.6. The number of nitrogens with zero attached hydrogens (tertiary/aromatic N) is 3. The summed E-state index contributed by atoms with van der Waals surface area (Å²) >= 11 is 2.47. The molecule has 4 rings (SSSR count). The Balaban J connectivity index is 1.46. The van der Waals surface area contributed by atoms with Gasteiger partial charge in [0, 0.05) is 5.69 Å². The van der Waals surface area contributed by atoms with Crippen LogP contribution in [-0.2, 0) is 11.4 Å². The average Bonchev–Trinajstić information content (AvgIpc) is 3.53. The van der Waals surface area contributed by atoms with Gasteiger partial charge in [-0.25, -0.2) is 0 Å². The van der Waals surface area contributed by atoms with Gasteiger partial charge in [0.15, 0.2) is 11.0 Å². The number of hydrogen-bond acceptors (Lipinski definition) is 8. The molecule has 0 fully saturated rings. The maximum atomic E-state index is 12.3. The van der Waals surface area contributed by atoms with E-state index >= 15 is 0 Å². The molecule has 168 valence electrons. The minimum absolute atomic E-state index is 0.0153. The van der Waals surface area contributed by atoms with Crippen molar-refractivity contribution in [1.82, 2.24) is 20.1 Å². The predicted octanol–water partition coefficient (Wildman–Crippen LogP) is 3.97. The number of ether oxygens (including phenoxy) is 2. The van der Waals surface area contributed by atoms with Gasteiger partial charge in [-0.2, -0.15) is 0 Å². The van der Waals surface area contributed by atoms with Gasteiger partial charge in [-0.3, -0.25) is 19.5 Å². The van der Waals surface area contributed by atoms with Gasteiger partial charge < -0.3 is 9.47 Å². The van der Waals surface area contributed by atoms with E-state index in [1.165, 1.54) is 23.1 Å². The number of nitrogens with one attached hydrogen (secondary N) is 1. The second-order valence-electron chi connectivity index (χ2n) is 6.68. The Hall–Kier alpha value is -3.63. The number of benzene rings is 2. The van der Waals surface area contributed by atoms with Crippen LogP contribution in [0.4, 0.5) is 0 Å². The summed E-state index contributed by atoms with van der Waals surface area (Å²) in [6, 6.07) is 20.3. The summed E-state index contributed by atoms with van der Waals surface area (Å²) in [6.45, 7) is 0.178. The van der Waals surface area contributed by atoms with Crippen LogP contribution in [0.3, 0.4) is 0 Å². The quantitative estimate of drug-likeness (QED) is 0.362. The number of thioether (sulfide) groups is 1. The van der Waals surface area contributed by atoms with Crippen molar-refractivity contribution < 1.29 is 19.1 Å². The number of rotatable bonds is 9. The van der Waals surface area contributed by atoms with Crippen molar-refractivity contribution in [2.24, 2.45) is 0 Å². The van der Waals surface area contributed by atoms with Gasteiger partial charge in [0.25, 0.3) is 5.91 Å². The van der Waals surface area contributed by atoms with Gasteiger partial charge in [-0.1, -0.05) is 36.0 Å². The molecule has 33 heavy (non-hydrogen) atoms. The number of amides is 2. The molecule has 10 heteroatoms. The molecule has 0 saturated heterocycles. The molecule has 0 aliphatic carbocycles. The first-order valence-electron chi connectivity index (χ1n) is 9.91. The molecule has 2 amide bonds. The van der Waals surface area contributed by atoms with Crippen LogP contribution in [0.1, 0.15) is 15.5 Å². The number of hydrogen-bond donors (Lipinski definition) is 1. The number of imide groups is 1. The van der Waals surface area contributed by atoms with Crippen LogP contribution in [-0.4, -0.2) is 39.4 Å². The average molecular weight is 481 g/mol. The Bertz CT molecular complexity index is 1210. The topological polar surface area (TPSA) is 95.3 Å². The fraction of sp³-hybridized carbons (Fsp3) is 0.130. The molecule has 2 aromatic heterocycles. The fourth-order valence-corrected chi connectivity index (χ4v) is 4.30. The van der Waals surface area contributed by atoms with Gasteiger partial charge in [-0.15, -0.1) is 21.5 Å². The lowest BCUT2D eigenvalue weighted by Crippen LogP contribution is -2.31. The number of para-hydroxylation sites is 1. The molecular weight excluding hydrogens is 460 g/mol. The standard InChI is InChI=1S/C23H20N4O4S2/c1-30-17-9-11-18(12-10-17)31-14-20-25-26-23(27(20)16-6-3-2-4-7-16)33-15-21(28)24-22(29)19-8-5-13-32-19/h2-13H,14-15H2,1H3,(H,24,28,29). The van der Waals surface area contributed by atoms with Crippen LogP contribution in [0.15, 0.2) is 77.3 Å². The van der Waals surface area contributed by atoms with Crippen molar-refractivity contribution in [2.45, 2.75) is 11.8 Å². The van der Waals surface area contributed by atoms with Crippen molar-refractivity contribution in [2.75, 3.05) is 12.9 Å². The molecule has 1 N–H and O–H groups in total. The molecule has 0 unspecified atom stereocenters. The SMILES string of the molecule is COc1ccc(OCc2nnc(SCC(=O)NC(=O)c3cccs3)n2-c2ccccc2)cc1. The summed E-state index contributed by atoms with van der Waals surface area (Å²) in [5, 5.41) is 13.2. The molecule has 0 aliphatic heterocycles. The van der Waals surface area contributed by atoms with Crippen LogP contribution < -0.4 is 14.8 Å². The molecular formula is C23H20N4O4S2. The first-order chi connectivity index (χ1) is 16.1. The molecule has 0 atom stereocenters. The first-order valence-corrected chi connectivity index (χ1v) is 11.8. The van der Waals surface area contributed by atoms with Gasteiger partial charge in [0.2, 0.25) is 5.91 Å². The molecule has 8 nitrogen and oxygen atoms in total. The van der Waals surface area contributed by atoms with Crippen LogP contribution in [0.25, 0.3) is 5.69 Å². The monoisotopic (exact) mass is 480 g/mol. The summed E-state index contributed by atoms with van der Waals surface area (Å²) in [4.78, 5) is 24.9. The van der Waals surface area contributed by atoms with Crippen molar-refractivity contribution in [3.63, 3.8) is 0 Å². The zero-order valence-corrected chi connectivity index (χ0v) is 19.3. The predicted molar refractivity (Wildman–Crippen MR) is 126 cm³/mol. The van der Waals surface area contributed by atoms with E-state index in [4.69, 9.17) is 9.47 Å². The van der Waals surface area contributed by atoms with E-state index in [9.17, 15) is 9.59 Å². The van der Waals surface area contributed by atoms with E-state index in [0.29, 0.717) is 21.6 Å². The third kappa shape index (κ3) is 5.79. The van der Waals surface area contributed by atoms with E-state index in [0.717, 1.165) is 11.4 Å². The Morgan fingerprint density at radius 1 is 1.00 bits per heavy atom. The highest BCUT2D eigenvalue weighted by Crippen LogP contribution is 2.24. The van der Waals surface area contributed by atoms with Gasteiger partial charge in [0.05, 0.1) is 17.7 Å². The van der Waals surface area contributed by atoms with E-state index < -0.39 is 11.8 Å². The Morgan fingerprint density at radius 3 is 2.45 bits per heavy atom. The summed E-state index contributed by atoms with van der Waals surface area (Å²) in [6.07, 6.45) is 0. The number of methoxy groups -OCH3 is 1. The van der Waals surface area contributed by atoms with Crippen LogP contribution >= 0.6 is 23.1 Å². The summed E-state index contributed by atoms with van der Waals surface area (Å²) in [5.41, 5.74) is 0.841. The van der Waals surface area contributed by atoms with E-state index in [2.05, 4.69) is 15.5 Å². The maximum Gasteiger partial charge on any atom is 0.267 e. The van der Waals surface area contributed by atoms with E-state index in [-0.39, 0.29) is 12.4 Å². The van der Waals surface area contributed by atoms with Crippen molar-refractivity contribution >= 4 is 34.9 Å². The number of thiophene rings is 1. The van der Waals surface area contributed by atoms with Crippen LogP contribution in [0.5, 0.6) is 11.5 Å². The fourth-order valence-electron chi connectivity index (χ4n) is 2.91. The van der Waals surface area contributed by atoms with Crippen molar-refractivity contribution in [3.8, 4) is 17.2 Å². The molecule has 0 radical (unpaired) electrons. The van der Waals surface area contributed by atoms with E-state index in [1.807, 2.05) is 59.2 Å². The smallest absolute Gasteiger partial charge is 0.267 e. The highest BCUT2D eigenvalue weighted by atomic mass is 32.2. The van der Waals surface area contributed by atoms with Crippen molar-refractivity contribution in [1.29, 1.82) is 0 Å². The Kier molecular flexibility index (Phi) is 7.38. The van der Waals surface area contributed by atoms with Gasteiger partial charge in [-0.05, 0) is 47.8 Å². The lowest BCUT2D eigenvalue weighted by atomic mass is 10.3. The maximum absolute atomic E-state index is 12.3. The minimum atomic E-state index is -0.409. The molecule has 0 saturated carbocycles.